The molecule has 1 aliphatic rings. The first-order chi connectivity index (χ1) is 13.1. The number of halogens is 1. The first-order valence-corrected chi connectivity index (χ1v) is 9.64. The van der Waals surface area contributed by atoms with E-state index in [1.165, 1.54) is 16.8 Å². The van der Waals surface area contributed by atoms with Gasteiger partial charge in [-0.1, -0.05) is 35.5 Å². The van der Waals surface area contributed by atoms with Crippen LogP contribution < -0.4 is 0 Å². The number of thioether (sulfide) groups is 1. The van der Waals surface area contributed by atoms with E-state index >= 15 is 0 Å². The zero-order valence-electron chi connectivity index (χ0n) is 14.4. The van der Waals surface area contributed by atoms with Crippen LogP contribution in [0.2, 0.25) is 5.02 Å². The van der Waals surface area contributed by atoms with Gasteiger partial charge in [0, 0.05) is 18.5 Å². The highest BCUT2D eigenvalue weighted by Crippen LogP contribution is 2.34. The van der Waals surface area contributed by atoms with Crippen molar-refractivity contribution in [3.63, 3.8) is 0 Å². The minimum atomic E-state index is -0.265. The highest BCUT2D eigenvalue weighted by atomic mass is 35.5. The lowest BCUT2D eigenvalue weighted by atomic mass is 10.0. The van der Waals surface area contributed by atoms with Gasteiger partial charge in [0.1, 0.15) is 18.1 Å². The van der Waals surface area contributed by atoms with Gasteiger partial charge in [-0.25, -0.2) is 5.01 Å². The first kappa shape index (κ1) is 17.8. The van der Waals surface area contributed by atoms with Crippen molar-refractivity contribution in [2.45, 2.75) is 17.6 Å². The van der Waals surface area contributed by atoms with Gasteiger partial charge >= 0.3 is 0 Å². The standard InChI is InChI=1S/C18H16ClN5O2S/c1-23-11-20-21-18(23)27-10-17(25)24-15(16-3-2-8-26-16)9-14(22-24)12-4-6-13(19)7-5-12/h2-8,11,15H,9-10H2,1H3/t15-/m1/s1. The molecule has 0 spiro atoms. The molecule has 4 rings (SSSR count). The van der Waals surface area contributed by atoms with Gasteiger partial charge in [0.05, 0.1) is 17.7 Å². The number of rotatable bonds is 5. The minimum absolute atomic E-state index is 0.117. The number of hydrogen-bond donors (Lipinski definition) is 0. The normalized spacial score (nSPS) is 16.6. The number of aryl methyl sites for hydroxylation is 1. The summed E-state index contributed by atoms with van der Waals surface area (Å²) >= 11 is 7.30. The number of carbonyl (C=O) groups is 1. The van der Waals surface area contributed by atoms with Crippen molar-refractivity contribution < 1.29 is 9.21 Å². The van der Waals surface area contributed by atoms with Crippen LogP contribution in [-0.2, 0) is 11.8 Å². The molecule has 1 aromatic carbocycles. The van der Waals surface area contributed by atoms with E-state index in [0.29, 0.717) is 22.4 Å². The number of amides is 1. The van der Waals surface area contributed by atoms with Crippen LogP contribution in [0.4, 0.5) is 0 Å². The van der Waals surface area contributed by atoms with Gasteiger partial charge in [-0.2, -0.15) is 5.10 Å². The average Bonchev–Trinajstić information content (AvgIpc) is 3.41. The first-order valence-electron chi connectivity index (χ1n) is 8.27. The lowest BCUT2D eigenvalue weighted by molar-refractivity contribution is -0.130. The molecule has 27 heavy (non-hydrogen) atoms. The minimum Gasteiger partial charge on any atom is -0.467 e. The van der Waals surface area contributed by atoms with Gasteiger partial charge in [-0.15, -0.1) is 10.2 Å². The second-order valence-electron chi connectivity index (χ2n) is 6.04. The Labute approximate surface area is 165 Å². The molecule has 0 saturated carbocycles. The Morgan fingerprint density at radius 3 is 2.81 bits per heavy atom. The van der Waals surface area contributed by atoms with E-state index in [1.807, 2.05) is 43.4 Å². The number of carbonyl (C=O) groups excluding carboxylic acids is 1. The predicted octanol–water partition coefficient (Wildman–Crippen LogP) is 3.53. The van der Waals surface area contributed by atoms with Gasteiger partial charge in [-0.05, 0) is 29.8 Å². The molecule has 9 heteroatoms. The highest BCUT2D eigenvalue weighted by molar-refractivity contribution is 7.99. The van der Waals surface area contributed by atoms with Gasteiger partial charge in [0.25, 0.3) is 5.91 Å². The van der Waals surface area contributed by atoms with Crippen LogP contribution in [-0.4, -0.2) is 37.1 Å². The summed E-state index contributed by atoms with van der Waals surface area (Å²) in [6.45, 7) is 0. The number of furan rings is 1. The number of nitrogens with zero attached hydrogens (tertiary/aromatic N) is 5. The molecule has 0 saturated heterocycles. The second-order valence-corrected chi connectivity index (χ2v) is 7.42. The lowest BCUT2D eigenvalue weighted by Gasteiger charge is -2.19. The molecule has 0 fully saturated rings. The maximum absolute atomic E-state index is 12.9. The van der Waals surface area contributed by atoms with E-state index in [4.69, 9.17) is 16.0 Å². The van der Waals surface area contributed by atoms with Crippen molar-refractivity contribution in [2.24, 2.45) is 12.1 Å². The molecule has 7 nitrogen and oxygen atoms in total. The number of hydrazone groups is 1. The number of aromatic nitrogens is 3. The maximum Gasteiger partial charge on any atom is 0.253 e. The van der Waals surface area contributed by atoms with Gasteiger partial charge in [-0.3, -0.25) is 4.79 Å². The smallest absolute Gasteiger partial charge is 0.253 e. The zero-order chi connectivity index (χ0) is 18.8. The molecule has 138 valence electrons. The summed E-state index contributed by atoms with van der Waals surface area (Å²) in [6.07, 6.45) is 3.78. The topological polar surface area (TPSA) is 76.5 Å². The molecular formula is C18H16ClN5O2S. The van der Waals surface area contributed by atoms with E-state index < -0.39 is 0 Å². The molecule has 0 bridgehead atoms. The van der Waals surface area contributed by atoms with Crippen molar-refractivity contribution in [3.8, 4) is 0 Å². The van der Waals surface area contributed by atoms with E-state index in [-0.39, 0.29) is 17.7 Å². The van der Waals surface area contributed by atoms with Crippen LogP contribution >= 0.6 is 23.4 Å². The Balaban J connectivity index is 1.56. The Hall–Kier alpha value is -2.58. The monoisotopic (exact) mass is 401 g/mol. The zero-order valence-corrected chi connectivity index (χ0v) is 16.0. The fourth-order valence-corrected chi connectivity index (χ4v) is 3.72. The molecule has 0 radical (unpaired) electrons. The van der Waals surface area contributed by atoms with Crippen molar-refractivity contribution in [3.05, 3.63) is 65.3 Å². The van der Waals surface area contributed by atoms with Crippen LogP contribution in [0.3, 0.4) is 0 Å². The van der Waals surface area contributed by atoms with Crippen LogP contribution in [0.5, 0.6) is 0 Å². The molecule has 0 aliphatic carbocycles. The van der Waals surface area contributed by atoms with Crippen LogP contribution in [0, 0.1) is 0 Å². The molecular weight excluding hydrogens is 386 g/mol. The third-order valence-corrected chi connectivity index (χ3v) is 5.48. The average molecular weight is 402 g/mol. The van der Waals surface area contributed by atoms with E-state index in [2.05, 4.69) is 15.3 Å². The Kier molecular flexibility index (Phi) is 5.00. The van der Waals surface area contributed by atoms with Crippen molar-refractivity contribution in [1.29, 1.82) is 0 Å². The summed E-state index contributed by atoms with van der Waals surface area (Å²) in [6, 6.07) is 10.8. The lowest BCUT2D eigenvalue weighted by Crippen LogP contribution is -2.28. The quantitative estimate of drug-likeness (QED) is 0.611. The maximum atomic E-state index is 12.9. The van der Waals surface area contributed by atoms with Crippen LogP contribution in [0.15, 0.2) is 63.7 Å². The fraction of sp³-hybridized carbons (Fsp3) is 0.222. The molecule has 0 N–H and O–H groups in total. The van der Waals surface area contributed by atoms with E-state index in [1.54, 1.807) is 17.2 Å². The predicted molar refractivity (Wildman–Crippen MR) is 103 cm³/mol. The summed E-state index contributed by atoms with van der Waals surface area (Å²) in [5.74, 6) is 0.800. The Morgan fingerprint density at radius 2 is 2.15 bits per heavy atom. The van der Waals surface area contributed by atoms with Crippen molar-refractivity contribution in [1.82, 2.24) is 19.8 Å². The third kappa shape index (κ3) is 3.77. The van der Waals surface area contributed by atoms with Gasteiger partial charge in [0.15, 0.2) is 5.16 Å². The fourth-order valence-electron chi connectivity index (χ4n) is 2.86. The molecule has 1 aliphatic heterocycles. The summed E-state index contributed by atoms with van der Waals surface area (Å²) in [7, 11) is 1.84. The Morgan fingerprint density at radius 1 is 1.33 bits per heavy atom. The van der Waals surface area contributed by atoms with Gasteiger partial charge < -0.3 is 8.98 Å². The molecule has 3 heterocycles. The van der Waals surface area contributed by atoms with Crippen molar-refractivity contribution >= 4 is 35.0 Å². The molecule has 2 aromatic heterocycles. The van der Waals surface area contributed by atoms with E-state index in [0.717, 1.165) is 11.3 Å². The second kappa shape index (κ2) is 7.58. The Bertz CT molecular complexity index is 968. The van der Waals surface area contributed by atoms with E-state index in [9.17, 15) is 4.79 Å². The van der Waals surface area contributed by atoms with Crippen LogP contribution in [0.1, 0.15) is 23.8 Å². The summed E-state index contributed by atoms with van der Waals surface area (Å²) < 4.78 is 7.32. The van der Waals surface area contributed by atoms with Crippen LogP contribution in [0.25, 0.3) is 0 Å². The highest BCUT2D eigenvalue weighted by Gasteiger charge is 2.34. The SMILES string of the molecule is Cn1cnnc1SCC(=O)N1N=C(c2ccc(Cl)cc2)C[C@@H]1c1ccco1. The number of hydrogen-bond acceptors (Lipinski definition) is 6. The summed E-state index contributed by atoms with van der Waals surface area (Å²) in [5, 5.41) is 15.3. The third-order valence-electron chi connectivity index (χ3n) is 4.21. The molecule has 0 unspecified atom stereocenters. The largest absolute Gasteiger partial charge is 0.467 e. The summed E-state index contributed by atoms with van der Waals surface area (Å²) in [5.41, 5.74) is 1.76. The molecule has 1 atom stereocenters. The molecule has 1 amide bonds. The van der Waals surface area contributed by atoms with Gasteiger partial charge in [0.2, 0.25) is 0 Å². The van der Waals surface area contributed by atoms with Crippen molar-refractivity contribution in [2.75, 3.05) is 5.75 Å². The number of benzene rings is 1. The summed E-state index contributed by atoms with van der Waals surface area (Å²) in [4.78, 5) is 12.9. The molecule has 3 aromatic rings.